The van der Waals surface area contributed by atoms with E-state index in [0.717, 1.165) is 12.2 Å². The molecule has 0 spiro atoms. The topological polar surface area (TPSA) is 104 Å². The van der Waals surface area contributed by atoms with E-state index >= 15 is 0 Å². The smallest absolute Gasteiger partial charge is 0.290 e. The molecule has 8 nitrogen and oxygen atoms in total. The quantitative estimate of drug-likeness (QED) is 0.396. The number of anilines is 1. The van der Waals surface area contributed by atoms with Crippen LogP contribution in [0.25, 0.3) is 0 Å². The van der Waals surface area contributed by atoms with E-state index in [1.165, 1.54) is 6.07 Å². The molecule has 39 heavy (non-hydrogen) atoms. The van der Waals surface area contributed by atoms with Crippen LogP contribution in [-0.2, 0) is 20.8 Å². The minimum atomic E-state index is -0.990. The third-order valence-corrected chi connectivity index (χ3v) is 6.07. The van der Waals surface area contributed by atoms with Gasteiger partial charge in [0, 0.05) is 48.3 Å². The highest BCUT2D eigenvalue weighted by Crippen LogP contribution is 2.28. The summed E-state index contributed by atoms with van der Waals surface area (Å²) >= 11 is 0. The van der Waals surface area contributed by atoms with Gasteiger partial charge in [-0.25, -0.2) is 4.39 Å². The van der Waals surface area contributed by atoms with Crippen LogP contribution in [0.4, 0.5) is 14.5 Å². The van der Waals surface area contributed by atoms with Crippen molar-refractivity contribution in [2.45, 2.75) is 59.4 Å². The van der Waals surface area contributed by atoms with E-state index in [9.17, 15) is 8.78 Å². The molecule has 214 valence electrons. The lowest BCUT2D eigenvalue weighted by atomic mass is 9.90. The maximum atomic E-state index is 14.8. The monoisotopic (exact) mass is 547 g/mol. The lowest BCUT2D eigenvalue weighted by Gasteiger charge is -2.39. The van der Waals surface area contributed by atoms with Crippen molar-refractivity contribution < 1.29 is 32.9 Å². The van der Waals surface area contributed by atoms with Gasteiger partial charge >= 0.3 is 0 Å². The summed E-state index contributed by atoms with van der Waals surface area (Å²) < 4.78 is 46.6. The van der Waals surface area contributed by atoms with Crippen molar-refractivity contribution in [3.63, 3.8) is 0 Å². The van der Waals surface area contributed by atoms with Gasteiger partial charge in [-0.15, -0.1) is 0 Å². The van der Waals surface area contributed by atoms with E-state index in [1.54, 1.807) is 37.3 Å². The summed E-state index contributed by atoms with van der Waals surface area (Å²) in [6.07, 6.45) is 0.152. The second kappa shape index (κ2) is 14.8. The molecule has 2 N–H and O–H groups in total. The van der Waals surface area contributed by atoms with Crippen molar-refractivity contribution in [3.8, 4) is 11.8 Å². The second-order valence-electron chi connectivity index (χ2n) is 10.7. The van der Waals surface area contributed by atoms with Crippen molar-refractivity contribution in [3.05, 3.63) is 59.2 Å². The first-order chi connectivity index (χ1) is 18.4. The molecule has 0 amide bonds. The summed E-state index contributed by atoms with van der Waals surface area (Å²) in [5.41, 5.74) is 1.42. The van der Waals surface area contributed by atoms with E-state index in [4.69, 9.17) is 29.4 Å². The van der Waals surface area contributed by atoms with Gasteiger partial charge in [-0.2, -0.15) is 9.65 Å². The fraction of sp³-hybridized carbons (Fsp3) is 0.517. The fourth-order valence-corrected chi connectivity index (χ4v) is 3.90. The van der Waals surface area contributed by atoms with Crippen molar-refractivity contribution >= 4 is 12.2 Å². The van der Waals surface area contributed by atoms with Gasteiger partial charge in [0.15, 0.2) is 17.9 Å². The molecule has 1 aliphatic heterocycles. The summed E-state index contributed by atoms with van der Waals surface area (Å²) in [7, 11) is 0. The lowest BCUT2D eigenvalue weighted by Crippen LogP contribution is -2.50. The van der Waals surface area contributed by atoms with Crippen LogP contribution in [0.15, 0.2) is 36.4 Å². The Morgan fingerprint density at radius 2 is 1.79 bits per heavy atom. The van der Waals surface area contributed by atoms with Crippen LogP contribution in [0.2, 0.25) is 0 Å². The standard InChI is InChI=1S/C28H37F2N3O3.CH2O2/c1-6-34-23-12-9-21(25(29)26(23)30)16-33(22-10-7-20(15-31)8-11-22)14-13-24-35-18-28(5,19-36-24)17-32-27(2,3)4;2-1-3/h7-12,24,32H,6,13-14,16-19H2,1-5H3;1H,(H,2,3). The Morgan fingerprint density at radius 1 is 1.18 bits per heavy atom. The van der Waals surface area contributed by atoms with E-state index in [1.807, 2.05) is 4.90 Å². The molecule has 1 saturated heterocycles. The van der Waals surface area contributed by atoms with Gasteiger partial charge in [0.25, 0.3) is 6.47 Å². The molecular formula is C29H39F2N3O5. The molecule has 2 aromatic rings. The SMILES string of the molecule is CCOc1ccc(CN(CCC2OCC(C)(CNC(C)(C)C)CO2)c2ccc(C#N)cc2)c(F)c1F.O=CO. The van der Waals surface area contributed by atoms with Crippen LogP contribution in [0.3, 0.4) is 0 Å². The number of carbonyl (C=O) groups is 1. The van der Waals surface area contributed by atoms with Crippen molar-refractivity contribution in [2.75, 3.05) is 37.8 Å². The lowest BCUT2D eigenvalue weighted by molar-refractivity contribution is -0.226. The summed E-state index contributed by atoms with van der Waals surface area (Å²) in [5.74, 6) is -2.01. The van der Waals surface area contributed by atoms with Crippen LogP contribution < -0.4 is 15.0 Å². The molecule has 0 unspecified atom stereocenters. The maximum absolute atomic E-state index is 14.8. The molecule has 0 aromatic heterocycles. The highest BCUT2D eigenvalue weighted by atomic mass is 19.2. The van der Waals surface area contributed by atoms with E-state index < -0.39 is 17.9 Å². The highest BCUT2D eigenvalue weighted by molar-refractivity contribution is 5.50. The van der Waals surface area contributed by atoms with Crippen molar-refractivity contribution in [2.24, 2.45) is 5.41 Å². The minimum Gasteiger partial charge on any atom is -0.491 e. The van der Waals surface area contributed by atoms with Crippen LogP contribution in [-0.4, -0.2) is 56.3 Å². The number of rotatable bonds is 10. The zero-order valence-corrected chi connectivity index (χ0v) is 23.3. The normalized spacial score (nSPS) is 18.9. The molecule has 0 radical (unpaired) electrons. The van der Waals surface area contributed by atoms with Gasteiger partial charge in [-0.05, 0) is 58.0 Å². The zero-order valence-electron chi connectivity index (χ0n) is 23.3. The van der Waals surface area contributed by atoms with E-state index in [2.05, 4.69) is 39.1 Å². The van der Waals surface area contributed by atoms with Gasteiger partial charge < -0.3 is 29.5 Å². The molecule has 2 aromatic carbocycles. The predicted octanol–water partition coefficient (Wildman–Crippen LogP) is 5.10. The first-order valence-corrected chi connectivity index (χ1v) is 12.9. The number of nitriles is 1. The summed E-state index contributed by atoms with van der Waals surface area (Å²) in [4.78, 5) is 10.3. The first-order valence-electron chi connectivity index (χ1n) is 12.9. The largest absolute Gasteiger partial charge is 0.491 e. The van der Waals surface area contributed by atoms with Crippen LogP contribution in [0, 0.1) is 28.4 Å². The Hall–Kier alpha value is -3.26. The number of hydrogen-bond donors (Lipinski definition) is 2. The summed E-state index contributed by atoms with van der Waals surface area (Å²) in [6.45, 7) is 12.8. The van der Waals surface area contributed by atoms with Crippen LogP contribution in [0.1, 0.15) is 52.2 Å². The molecular weight excluding hydrogens is 508 g/mol. The maximum Gasteiger partial charge on any atom is 0.290 e. The predicted molar refractivity (Wildman–Crippen MR) is 145 cm³/mol. The number of ether oxygens (including phenoxy) is 3. The molecule has 10 heteroatoms. The van der Waals surface area contributed by atoms with Crippen LogP contribution >= 0.6 is 0 Å². The molecule has 1 fully saturated rings. The van der Waals surface area contributed by atoms with Crippen molar-refractivity contribution in [1.82, 2.24) is 5.32 Å². The Balaban J connectivity index is 0.00000170. The van der Waals surface area contributed by atoms with Gasteiger partial charge in [0.05, 0.1) is 31.5 Å². The number of nitrogens with zero attached hydrogens (tertiary/aromatic N) is 2. The minimum absolute atomic E-state index is 0.0110. The Labute approximate surface area is 229 Å². The highest BCUT2D eigenvalue weighted by Gasteiger charge is 2.33. The Kier molecular flexibility index (Phi) is 12.1. The fourth-order valence-electron chi connectivity index (χ4n) is 3.90. The second-order valence-corrected chi connectivity index (χ2v) is 10.7. The zero-order chi connectivity index (χ0) is 29.1. The first kappa shape index (κ1) is 32.0. The number of carboxylic acid groups (broad SMARTS) is 1. The van der Waals surface area contributed by atoms with E-state index in [-0.39, 0.29) is 41.9 Å². The Bertz CT molecular complexity index is 1090. The summed E-state index contributed by atoms with van der Waals surface area (Å²) in [5, 5.41) is 19.5. The van der Waals surface area contributed by atoms with Crippen molar-refractivity contribution in [1.29, 1.82) is 5.26 Å². The molecule has 1 heterocycles. The van der Waals surface area contributed by atoms with Gasteiger partial charge in [-0.1, -0.05) is 13.0 Å². The molecule has 0 saturated carbocycles. The Morgan fingerprint density at radius 3 is 2.33 bits per heavy atom. The number of halogens is 2. The van der Waals surface area contributed by atoms with Gasteiger partial charge in [0.2, 0.25) is 5.82 Å². The molecule has 0 atom stereocenters. The average Bonchev–Trinajstić information content (AvgIpc) is 2.91. The average molecular weight is 548 g/mol. The van der Waals surface area contributed by atoms with Gasteiger partial charge in [-0.3, -0.25) is 4.79 Å². The molecule has 1 aliphatic rings. The van der Waals surface area contributed by atoms with Crippen LogP contribution in [0.5, 0.6) is 5.75 Å². The third kappa shape index (κ3) is 10.1. The number of benzene rings is 2. The third-order valence-electron chi connectivity index (χ3n) is 6.07. The molecule has 0 bridgehead atoms. The summed E-state index contributed by atoms with van der Waals surface area (Å²) in [6, 6.07) is 12.1. The molecule has 0 aliphatic carbocycles. The van der Waals surface area contributed by atoms with E-state index in [0.29, 0.717) is 31.7 Å². The van der Waals surface area contributed by atoms with Gasteiger partial charge in [0.1, 0.15) is 0 Å². The number of nitrogens with one attached hydrogen (secondary N) is 1. The molecule has 3 rings (SSSR count). The number of hydrogen-bond acceptors (Lipinski definition) is 7.